The van der Waals surface area contributed by atoms with E-state index in [1.807, 2.05) is 0 Å². The van der Waals surface area contributed by atoms with E-state index in [2.05, 4.69) is 20.3 Å². The summed E-state index contributed by atoms with van der Waals surface area (Å²) in [6, 6.07) is 6.41. The zero-order valence-electron chi connectivity index (χ0n) is 10.6. The van der Waals surface area contributed by atoms with Crippen LogP contribution < -0.4 is 10.9 Å². The Morgan fingerprint density at radius 1 is 1.19 bits per heavy atom. The minimum Gasteiger partial charge on any atom is -0.493 e. The number of fused-ring (bicyclic) bond motifs is 1. The van der Waals surface area contributed by atoms with Gasteiger partial charge in [0.25, 0.3) is 11.5 Å². The van der Waals surface area contributed by atoms with E-state index in [4.69, 9.17) is 0 Å². The first-order valence-electron chi connectivity index (χ1n) is 5.95. The number of amides is 1. The van der Waals surface area contributed by atoms with E-state index in [-0.39, 0.29) is 11.6 Å². The quantitative estimate of drug-likeness (QED) is 0.706. The summed E-state index contributed by atoms with van der Waals surface area (Å²) in [4.78, 5) is 35.8. The summed E-state index contributed by atoms with van der Waals surface area (Å²) in [5.41, 5.74) is -0.898. The minimum atomic E-state index is -0.825. The summed E-state index contributed by atoms with van der Waals surface area (Å²) in [6.07, 6.45) is 4.34. The summed E-state index contributed by atoms with van der Waals surface area (Å²) in [6.45, 7) is 0. The molecular formula is C13H9N5O3. The number of hydrogen-bond donors (Lipinski definition) is 2. The highest BCUT2D eigenvalue weighted by Crippen LogP contribution is 2.12. The van der Waals surface area contributed by atoms with Crippen molar-refractivity contribution < 1.29 is 9.90 Å². The van der Waals surface area contributed by atoms with Crippen molar-refractivity contribution in [2.75, 3.05) is 5.32 Å². The topological polar surface area (TPSA) is 109 Å². The molecule has 0 aliphatic heterocycles. The van der Waals surface area contributed by atoms with Crippen LogP contribution in [0.4, 0.5) is 5.95 Å². The van der Waals surface area contributed by atoms with Gasteiger partial charge in [-0.1, -0.05) is 6.07 Å². The average Bonchev–Trinajstić information content (AvgIpc) is 2.48. The molecule has 0 fully saturated rings. The number of nitrogens with one attached hydrogen (secondary N) is 1. The molecule has 0 bridgehead atoms. The molecule has 2 N–H and O–H groups in total. The summed E-state index contributed by atoms with van der Waals surface area (Å²) in [7, 11) is 0. The van der Waals surface area contributed by atoms with Crippen molar-refractivity contribution in [2.45, 2.75) is 0 Å². The van der Waals surface area contributed by atoms with Crippen molar-refractivity contribution in [2.24, 2.45) is 0 Å². The Hall–Kier alpha value is -3.29. The molecule has 8 nitrogen and oxygen atoms in total. The molecule has 8 heteroatoms. The number of anilines is 1. The largest absolute Gasteiger partial charge is 0.493 e. The standard InChI is InChI=1S/C13H9N5O3/c19-10-9(11(20)17-13-14-5-3-6-15-13)12(21)18-7-2-1-4-8(18)16-10/h1-7,19H,(H,14,15,17,20). The molecule has 0 aliphatic rings. The third-order valence-electron chi connectivity index (χ3n) is 2.73. The second-order valence-electron chi connectivity index (χ2n) is 4.07. The average molecular weight is 283 g/mol. The molecule has 3 aromatic rings. The Morgan fingerprint density at radius 2 is 1.95 bits per heavy atom. The molecule has 3 heterocycles. The molecule has 0 aromatic carbocycles. The first-order valence-corrected chi connectivity index (χ1v) is 5.95. The molecule has 0 radical (unpaired) electrons. The van der Waals surface area contributed by atoms with Crippen molar-refractivity contribution in [3.8, 4) is 5.88 Å². The number of aromatic hydroxyl groups is 1. The van der Waals surface area contributed by atoms with Crippen molar-refractivity contribution >= 4 is 17.5 Å². The van der Waals surface area contributed by atoms with Gasteiger partial charge in [0.15, 0.2) is 5.56 Å². The van der Waals surface area contributed by atoms with E-state index in [0.29, 0.717) is 0 Å². The number of carbonyl (C=O) groups is 1. The molecule has 3 rings (SSSR count). The highest BCUT2D eigenvalue weighted by molar-refractivity contribution is 6.04. The fourth-order valence-corrected chi connectivity index (χ4v) is 1.80. The van der Waals surface area contributed by atoms with Gasteiger partial charge in [-0.25, -0.2) is 9.97 Å². The van der Waals surface area contributed by atoms with Crippen LogP contribution in [-0.4, -0.2) is 30.4 Å². The van der Waals surface area contributed by atoms with Crippen LogP contribution in [0.2, 0.25) is 0 Å². The molecule has 0 saturated heterocycles. The van der Waals surface area contributed by atoms with Gasteiger partial charge in [-0.05, 0) is 18.2 Å². The predicted molar refractivity (Wildman–Crippen MR) is 73.1 cm³/mol. The predicted octanol–water partition coefficient (Wildman–Crippen LogP) is 0.442. The third-order valence-corrected chi connectivity index (χ3v) is 2.73. The van der Waals surface area contributed by atoms with Crippen LogP contribution in [0.3, 0.4) is 0 Å². The van der Waals surface area contributed by atoms with Gasteiger partial charge >= 0.3 is 0 Å². The Bertz CT molecular complexity index is 876. The van der Waals surface area contributed by atoms with Crippen molar-refractivity contribution in [3.05, 3.63) is 58.8 Å². The lowest BCUT2D eigenvalue weighted by Crippen LogP contribution is -2.27. The van der Waals surface area contributed by atoms with Crippen LogP contribution >= 0.6 is 0 Å². The van der Waals surface area contributed by atoms with Crippen molar-refractivity contribution in [1.29, 1.82) is 0 Å². The van der Waals surface area contributed by atoms with Gasteiger partial charge in [-0.15, -0.1) is 0 Å². The maximum atomic E-state index is 12.2. The van der Waals surface area contributed by atoms with Crippen molar-refractivity contribution in [3.63, 3.8) is 0 Å². The smallest absolute Gasteiger partial charge is 0.274 e. The molecule has 0 atom stereocenters. The second kappa shape index (κ2) is 5.00. The monoisotopic (exact) mass is 283 g/mol. The Morgan fingerprint density at radius 3 is 2.71 bits per heavy atom. The molecule has 104 valence electrons. The molecular weight excluding hydrogens is 274 g/mol. The SMILES string of the molecule is O=C(Nc1ncccn1)c1c(O)nc2ccccn2c1=O. The lowest BCUT2D eigenvalue weighted by Gasteiger charge is -2.06. The lowest BCUT2D eigenvalue weighted by molar-refractivity contribution is 0.102. The summed E-state index contributed by atoms with van der Waals surface area (Å²) in [5.74, 6) is -1.44. The van der Waals surface area contributed by atoms with Crippen molar-refractivity contribution in [1.82, 2.24) is 19.4 Å². The van der Waals surface area contributed by atoms with E-state index in [1.165, 1.54) is 23.0 Å². The number of pyridine rings is 1. The zero-order valence-corrected chi connectivity index (χ0v) is 10.6. The fourth-order valence-electron chi connectivity index (χ4n) is 1.80. The first kappa shape index (κ1) is 12.7. The molecule has 3 aromatic heterocycles. The number of aromatic nitrogens is 4. The van der Waals surface area contributed by atoms with Gasteiger partial charge < -0.3 is 5.11 Å². The molecule has 0 saturated carbocycles. The van der Waals surface area contributed by atoms with Gasteiger partial charge in [-0.2, -0.15) is 4.98 Å². The number of hydrogen-bond acceptors (Lipinski definition) is 6. The van der Waals surface area contributed by atoms with E-state index in [0.717, 1.165) is 0 Å². The van der Waals surface area contributed by atoms with Gasteiger partial charge in [-0.3, -0.25) is 19.3 Å². The van der Waals surface area contributed by atoms with E-state index >= 15 is 0 Å². The first-order chi connectivity index (χ1) is 10.2. The molecule has 0 spiro atoms. The minimum absolute atomic E-state index is 0.0273. The summed E-state index contributed by atoms with van der Waals surface area (Å²) >= 11 is 0. The third kappa shape index (κ3) is 2.29. The molecule has 1 amide bonds. The van der Waals surface area contributed by atoms with Crippen LogP contribution in [0, 0.1) is 0 Å². The van der Waals surface area contributed by atoms with E-state index in [1.54, 1.807) is 24.3 Å². The normalized spacial score (nSPS) is 10.5. The summed E-state index contributed by atoms with van der Waals surface area (Å²) < 4.78 is 1.17. The number of nitrogens with zero attached hydrogens (tertiary/aromatic N) is 4. The molecule has 0 aliphatic carbocycles. The van der Waals surface area contributed by atoms with E-state index < -0.39 is 22.9 Å². The van der Waals surface area contributed by atoms with Crippen LogP contribution in [0.5, 0.6) is 5.88 Å². The van der Waals surface area contributed by atoms with Crippen LogP contribution in [0.1, 0.15) is 10.4 Å². The Labute approximate surface area is 117 Å². The number of carbonyl (C=O) groups excluding carboxylic acids is 1. The summed E-state index contributed by atoms with van der Waals surface area (Å²) in [5, 5.41) is 12.1. The molecule has 0 unspecified atom stereocenters. The lowest BCUT2D eigenvalue weighted by atomic mass is 10.3. The highest BCUT2D eigenvalue weighted by Gasteiger charge is 2.20. The van der Waals surface area contributed by atoms with Gasteiger partial charge in [0.1, 0.15) is 5.65 Å². The zero-order chi connectivity index (χ0) is 14.8. The maximum absolute atomic E-state index is 12.2. The van der Waals surface area contributed by atoms with Crippen LogP contribution in [0.15, 0.2) is 47.7 Å². The molecule has 21 heavy (non-hydrogen) atoms. The van der Waals surface area contributed by atoms with Gasteiger partial charge in [0, 0.05) is 18.6 Å². The highest BCUT2D eigenvalue weighted by atomic mass is 16.3. The van der Waals surface area contributed by atoms with Crippen LogP contribution in [0.25, 0.3) is 5.65 Å². The maximum Gasteiger partial charge on any atom is 0.274 e. The Kier molecular flexibility index (Phi) is 3.03. The van der Waals surface area contributed by atoms with E-state index in [9.17, 15) is 14.7 Å². The van der Waals surface area contributed by atoms with Crippen LogP contribution in [-0.2, 0) is 0 Å². The second-order valence-corrected chi connectivity index (χ2v) is 4.07. The van der Waals surface area contributed by atoms with Gasteiger partial charge in [0.05, 0.1) is 0 Å². The Balaban J connectivity index is 2.08. The van der Waals surface area contributed by atoms with Gasteiger partial charge in [0.2, 0.25) is 11.8 Å². The fraction of sp³-hybridized carbons (Fsp3) is 0. The number of rotatable bonds is 2.